The van der Waals surface area contributed by atoms with Crippen molar-refractivity contribution in [2.24, 2.45) is 0 Å². The number of nitrogens with zero attached hydrogens (tertiary/aromatic N) is 3. The molecule has 0 spiro atoms. The molecule has 1 saturated carbocycles. The van der Waals surface area contributed by atoms with E-state index in [-0.39, 0.29) is 29.8 Å². The van der Waals surface area contributed by atoms with Crippen LogP contribution in [-0.4, -0.2) is 58.7 Å². The molecule has 6 rings (SSSR count). The number of carbonyl (C=O) groups excluding carboxylic acids is 2. The maximum absolute atomic E-state index is 15.5. The fraction of sp³-hybridized carbons (Fsp3) is 0.346. The van der Waals surface area contributed by atoms with Crippen molar-refractivity contribution in [2.75, 3.05) is 20.2 Å². The van der Waals surface area contributed by atoms with Gasteiger partial charge in [-0.3, -0.25) is 14.3 Å². The van der Waals surface area contributed by atoms with Gasteiger partial charge in [0, 0.05) is 49.6 Å². The largest absolute Gasteiger partial charge is 0.453 e. The van der Waals surface area contributed by atoms with E-state index in [1.165, 1.54) is 22.0 Å². The molecule has 0 unspecified atom stereocenters. The highest BCUT2D eigenvalue weighted by Crippen LogP contribution is 2.38. The Balaban J connectivity index is 1.30. The van der Waals surface area contributed by atoms with Crippen LogP contribution in [0, 0.1) is 12.7 Å². The lowest BCUT2D eigenvalue weighted by Gasteiger charge is -2.14. The van der Waals surface area contributed by atoms with E-state index in [0.717, 1.165) is 19.3 Å². The molecule has 8 nitrogen and oxygen atoms in total. The Hall–Kier alpha value is -3.50. The van der Waals surface area contributed by atoms with E-state index < -0.39 is 5.82 Å². The summed E-state index contributed by atoms with van der Waals surface area (Å²) >= 11 is 1.28. The molecule has 1 N–H and O–H groups in total. The van der Waals surface area contributed by atoms with Crippen LogP contribution in [-0.2, 0) is 4.74 Å². The zero-order valence-electron chi connectivity index (χ0n) is 19.9. The monoisotopic (exact) mass is 508 g/mol. The van der Waals surface area contributed by atoms with Gasteiger partial charge in [-0.15, -0.1) is 11.3 Å². The Morgan fingerprint density at radius 3 is 2.75 bits per heavy atom. The Morgan fingerprint density at radius 2 is 2.00 bits per heavy atom. The molecule has 36 heavy (non-hydrogen) atoms. The van der Waals surface area contributed by atoms with Gasteiger partial charge < -0.3 is 19.7 Å². The first-order valence-electron chi connectivity index (χ1n) is 11.9. The smallest absolute Gasteiger partial charge is 0.326 e. The highest BCUT2D eigenvalue weighted by atomic mass is 32.1. The van der Waals surface area contributed by atoms with Gasteiger partial charge in [-0.1, -0.05) is 0 Å². The quantitative estimate of drug-likeness (QED) is 0.407. The molecule has 1 aromatic carbocycles. The number of ether oxygens (including phenoxy) is 2. The predicted octanol–water partition coefficient (Wildman–Crippen LogP) is 5.07. The average Bonchev–Trinajstić information content (AvgIpc) is 3.26. The lowest BCUT2D eigenvalue weighted by atomic mass is 10.2. The van der Waals surface area contributed by atoms with Crippen molar-refractivity contribution in [1.82, 2.24) is 19.8 Å². The average molecular weight is 509 g/mol. The predicted molar refractivity (Wildman–Crippen MR) is 135 cm³/mol. The number of hydrogen-bond donors (Lipinski definition) is 1. The minimum Gasteiger partial charge on any atom is -0.453 e. The molecule has 3 aromatic heterocycles. The van der Waals surface area contributed by atoms with Crippen LogP contribution in [0.4, 0.5) is 9.18 Å². The number of halogens is 1. The molecule has 4 heterocycles. The summed E-state index contributed by atoms with van der Waals surface area (Å²) in [4.78, 5) is 32.4. The lowest BCUT2D eigenvalue weighted by Crippen LogP contribution is -2.30. The van der Waals surface area contributed by atoms with Gasteiger partial charge in [0.25, 0.3) is 5.91 Å². The van der Waals surface area contributed by atoms with Crippen molar-refractivity contribution in [1.29, 1.82) is 0 Å². The number of nitrogens with one attached hydrogen (secondary N) is 1. The summed E-state index contributed by atoms with van der Waals surface area (Å²) in [6, 6.07) is 8.22. The second-order valence-electron chi connectivity index (χ2n) is 9.29. The molecular formula is C26H25FN4O4S. The fourth-order valence-corrected chi connectivity index (χ4v) is 5.69. The van der Waals surface area contributed by atoms with E-state index >= 15 is 4.39 Å². The number of benzene rings is 1. The number of carbonyl (C=O) groups is 2. The first-order chi connectivity index (χ1) is 17.4. The molecular weight excluding hydrogens is 483 g/mol. The van der Waals surface area contributed by atoms with Gasteiger partial charge in [-0.25, -0.2) is 9.18 Å². The number of thiophene rings is 1. The normalized spacial score (nSPS) is 17.8. The minimum absolute atomic E-state index is 0.0403. The molecule has 2 amide bonds. The summed E-state index contributed by atoms with van der Waals surface area (Å²) in [6.45, 7) is 2.98. The summed E-state index contributed by atoms with van der Waals surface area (Å²) in [6.07, 6.45) is 4.38. The van der Waals surface area contributed by atoms with E-state index in [9.17, 15) is 9.59 Å². The van der Waals surface area contributed by atoms with Gasteiger partial charge in [0.2, 0.25) is 0 Å². The Morgan fingerprint density at radius 1 is 1.17 bits per heavy atom. The number of fused-ring (bicyclic) bond motifs is 2. The first-order valence-corrected chi connectivity index (χ1v) is 12.7. The van der Waals surface area contributed by atoms with Gasteiger partial charge in [-0.2, -0.15) is 0 Å². The molecule has 0 radical (unpaired) electrons. The standard InChI is InChI=1S/C26H25FN4O4S/c1-14-11-17-19(31(14)26(33)29-15-3-4-15)5-6-20(23(17)27)35-21-7-9-28-18-12-22(36-24(18)21)25(32)30-10-8-16(13-30)34-2/h5-7,9,11-12,15-16H,3-4,8,10,13H2,1-2H3,(H,29,33)/t16-/m0/s1. The van der Waals surface area contributed by atoms with Crippen molar-refractivity contribution < 1.29 is 23.5 Å². The Kier molecular flexibility index (Phi) is 5.65. The van der Waals surface area contributed by atoms with Crippen LogP contribution in [0.1, 0.15) is 34.6 Å². The number of amides is 2. The molecule has 10 heteroatoms. The minimum atomic E-state index is -0.547. The van der Waals surface area contributed by atoms with Gasteiger partial charge in [0.05, 0.1) is 26.7 Å². The van der Waals surface area contributed by atoms with Crippen LogP contribution in [0.5, 0.6) is 11.5 Å². The van der Waals surface area contributed by atoms with Gasteiger partial charge in [0.15, 0.2) is 11.6 Å². The molecule has 1 saturated heterocycles. The van der Waals surface area contributed by atoms with E-state index in [2.05, 4.69) is 10.3 Å². The maximum atomic E-state index is 15.5. The number of aryl methyl sites for hydroxylation is 1. The van der Waals surface area contributed by atoms with Gasteiger partial charge in [-0.05, 0) is 50.5 Å². The Bertz CT molecular complexity index is 1510. The number of hydrogen-bond acceptors (Lipinski definition) is 6. The molecule has 1 atom stereocenters. The fourth-order valence-electron chi connectivity index (χ4n) is 4.65. The number of rotatable bonds is 5. The third-order valence-electron chi connectivity index (χ3n) is 6.75. The first kappa shape index (κ1) is 22.9. The summed E-state index contributed by atoms with van der Waals surface area (Å²) in [5, 5.41) is 3.26. The molecule has 1 aliphatic carbocycles. The van der Waals surface area contributed by atoms with E-state index in [4.69, 9.17) is 9.47 Å². The van der Waals surface area contributed by atoms with Crippen molar-refractivity contribution in [2.45, 2.75) is 38.3 Å². The number of likely N-dealkylation sites (tertiary alicyclic amines) is 1. The van der Waals surface area contributed by atoms with E-state index in [1.807, 2.05) is 0 Å². The zero-order valence-corrected chi connectivity index (χ0v) is 20.7. The molecule has 0 bridgehead atoms. The van der Waals surface area contributed by atoms with Crippen LogP contribution in [0.25, 0.3) is 21.1 Å². The van der Waals surface area contributed by atoms with E-state index in [1.54, 1.807) is 49.4 Å². The highest BCUT2D eigenvalue weighted by Gasteiger charge is 2.29. The molecule has 2 aliphatic rings. The SMILES string of the molecule is CO[C@H]1CCN(C(=O)c2cc3nccc(Oc4ccc5c(cc(C)n5C(=O)NC5CC5)c4F)c3s2)C1. The summed E-state index contributed by atoms with van der Waals surface area (Å²) in [7, 11) is 1.65. The summed E-state index contributed by atoms with van der Waals surface area (Å²) < 4.78 is 29.1. The molecule has 2 fully saturated rings. The third kappa shape index (κ3) is 4.00. The van der Waals surface area contributed by atoms with Crippen LogP contribution in [0.3, 0.4) is 0 Å². The zero-order chi connectivity index (χ0) is 25.0. The maximum Gasteiger partial charge on any atom is 0.326 e. The Labute approximate surface area is 210 Å². The number of methoxy groups -OCH3 is 1. The van der Waals surface area contributed by atoms with Gasteiger partial charge in [0.1, 0.15) is 5.75 Å². The number of pyridine rings is 1. The van der Waals surface area contributed by atoms with Crippen molar-refractivity contribution in [3.63, 3.8) is 0 Å². The molecule has 4 aromatic rings. The van der Waals surface area contributed by atoms with Crippen molar-refractivity contribution in [3.8, 4) is 11.5 Å². The van der Waals surface area contributed by atoms with Crippen molar-refractivity contribution >= 4 is 44.4 Å². The van der Waals surface area contributed by atoms with Crippen LogP contribution in [0.15, 0.2) is 36.5 Å². The molecule has 1 aliphatic heterocycles. The van der Waals surface area contributed by atoms with Crippen LogP contribution < -0.4 is 10.1 Å². The van der Waals surface area contributed by atoms with Crippen molar-refractivity contribution in [3.05, 3.63) is 52.9 Å². The second-order valence-corrected chi connectivity index (χ2v) is 10.3. The third-order valence-corrected chi connectivity index (χ3v) is 7.88. The van der Waals surface area contributed by atoms with E-state index in [0.29, 0.717) is 50.5 Å². The van der Waals surface area contributed by atoms with Gasteiger partial charge >= 0.3 is 6.03 Å². The van der Waals surface area contributed by atoms with Crippen LogP contribution >= 0.6 is 11.3 Å². The van der Waals surface area contributed by atoms with Crippen LogP contribution in [0.2, 0.25) is 0 Å². The second kappa shape index (κ2) is 8.86. The lowest BCUT2D eigenvalue weighted by molar-refractivity contribution is 0.0728. The number of aromatic nitrogens is 2. The summed E-state index contributed by atoms with van der Waals surface area (Å²) in [5.41, 5.74) is 1.74. The molecule has 186 valence electrons. The highest BCUT2D eigenvalue weighted by molar-refractivity contribution is 7.21. The topological polar surface area (TPSA) is 85.7 Å². The summed E-state index contributed by atoms with van der Waals surface area (Å²) in [5.74, 6) is -0.161.